The number of rotatable bonds is 3. The van der Waals surface area contributed by atoms with E-state index in [1.165, 1.54) is 12.1 Å². The lowest BCUT2D eigenvalue weighted by Crippen LogP contribution is -2.24. The highest BCUT2D eigenvalue weighted by atomic mass is 16.6. The Hall–Kier alpha value is -2.56. The van der Waals surface area contributed by atoms with Crippen LogP contribution in [0.3, 0.4) is 0 Å². The molecule has 2 aromatic carbocycles. The maximum atomic E-state index is 10.6. The molecular formula is C16H15NO4. The lowest BCUT2D eigenvalue weighted by Gasteiger charge is -2.18. The van der Waals surface area contributed by atoms with Crippen molar-refractivity contribution in [1.29, 1.82) is 0 Å². The SMILES string of the molecule is CC1(C)Cc2cccc(Oc3ccc([N+](=O)[O-])cc3)c2O1. The van der Waals surface area contributed by atoms with Crippen molar-refractivity contribution >= 4 is 5.69 Å². The Morgan fingerprint density at radius 2 is 1.90 bits per heavy atom. The molecule has 21 heavy (non-hydrogen) atoms. The number of nitrogens with zero attached hydrogens (tertiary/aromatic N) is 1. The number of para-hydroxylation sites is 1. The summed E-state index contributed by atoms with van der Waals surface area (Å²) in [7, 11) is 0. The van der Waals surface area contributed by atoms with E-state index in [4.69, 9.17) is 9.47 Å². The number of nitro benzene ring substituents is 1. The first kappa shape index (κ1) is 13.4. The minimum Gasteiger partial charge on any atom is -0.483 e. The van der Waals surface area contributed by atoms with E-state index in [1.54, 1.807) is 12.1 Å². The quantitative estimate of drug-likeness (QED) is 0.629. The van der Waals surface area contributed by atoms with E-state index >= 15 is 0 Å². The summed E-state index contributed by atoms with van der Waals surface area (Å²) in [6, 6.07) is 11.8. The second kappa shape index (κ2) is 4.77. The summed E-state index contributed by atoms with van der Waals surface area (Å²) in [6.45, 7) is 4.06. The average molecular weight is 285 g/mol. The van der Waals surface area contributed by atoms with E-state index in [0.717, 1.165) is 17.7 Å². The standard InChI is InChI=1S/C16H15NO4/c1-16(2)10-11-4-3-5-14(15(11)21-16)20-13-8-6-12(7-9-13)17(18)19/h3-9H,10H2,1-2H3. The third kappa shape index (κ3) is 2.67. The molecular weight excluding hydrogens is 270 g/mol. The topological polar surface area (TPSA) is 61.6 Å². The van der Waals surface area contributed by atoms with Crippen LogP contribution in [0.25, 0.3) is 0 Å². The highest BCUT2D eigenvalue weighted by Gasteiger charge is 2.32. The number of hydrogen-bond acceptors (Lipinski definition) is 4. The lowest BCUT2D eigenvalue weighted by atomic mass is 10.0. The van der Waals surface area contributed by atoms with Gasteiger partial charge in [0.25, 0.3) is 5.69 Å². The third-order valence-electron chi connectivity index (χ3n) is 3.33. The maximum absolute atomic E-state index is 10.6. The summed E-state index contributed by atoms with van der Waals surface area (Å²) >= 11 is 0. The van der Waals surface area contributed by atoms with Crippen LogP contribution < -0.4 is 9.47 Å². The first-order chi connectivity index (χ1) is 9.94. The summed E-state index contributed by atoms with van der Waals surface area (Å²) in [5.74, 6) is 1.93. The highest BCUT2D eigenvalue weighted by Crippen LogP contribution is 2.43. The highest BCUT2D eigenvalue weighted by molar-refractivity contribution is 5.52. The van der Waals surface area contributed by atoms with Gasteiger partial charge in [-0.05, 0) is 32.0 Å². The van der Waals surface area contributed by atoms with Crippen LogP contribution in [0, 0.1) is 10.1 Å². The zero-order valence-electron chi connectivity index (χ0n) is 11.8. The van der Waals surface area contributed by atoms with Crippen molar-refractivity contribution in [3.63, 3.8) is 0 Å². The smallest absolute Gasteiger partial charge is 0.269 e. The van der Waals surface area contributed by atoms with Crippen LogP contribution in [0.2, 0.25) is 0 Å². The van der Waals surface area contributed by atoms with Crippen molar-refractivity contribution in [2.24, 2.45) is 0 Å². The normalized spacial score (nSPS) is 15.1. The molecule has 0 atom stereocenters. The van der Waals surface area contributed by atoms with Gasteiger partial charge in [0, 0.05) is 24.1 Å². The van der Waals surface area contributed by atoms with E-state index in [2.05, 4.69) is 0 Å². The molecule has 0 N–H and O–H groups in total. The van der Waals surface area contributed by atoms with Crippen molar-refractivity contribution in [3.8, 4) is 17.2 Å². The Kier molecular flexibility index (Phi) is 3.05. The molecule has 0 saturated heterocycles. The summed E-state index contributed by atoms with van der Waals surface area (Å²) in [5, 5.41) is 10.6. The first-order valence-electron chi connectivity index (χ1n) is 6.68. The van der Waals surface area contributed by atoms with Crippen LogP contribution in [0.5, 0.6) is 17.2 Å². The van der Waals surface area contributed by atoms with Gasteiger partial charge in [0.1, 0.15) is 11.4 Å². The number of non-ortho nitro benzene ring substituents is 1. The lowest BCUT2D eigenvalue weighted by molar-refractivity contribution is -0.384. The summed E-state index contributed by atoms with van der Waals surface area (Å²) < 4.78 is 11.7. The molecule has 0 aliphatic carbocycles. The predicted molar refractivity (Wildman–Crippen MR) is 78.0 cm³/mol. The summed E-state index contributed by atoms with van der Waals surface area (Å²) in [4.78, 5) is 10.2. The average Bonchev–Trinajstić information content (AvgIpc) is 2.74. The molecule has 1 aliphatic heterocycles. The Morgan fingerprint density at radius 1 is 1.19 bits per heavy atom. The fraction of sp³-hybridized carbons (Fsp3) is 0.250. The van der Waals surface area contributed by atoms with Crippen LogP contribution in [-0.4, -0.2) is 10.5 Å². The van der Waals surface area contributed by atoms with Crippen molar-refractivity contribution in [2.45, 2.75) is 25.9 Å². The van der Waals surface area contributed by atoms with E-state index in [9.17, 15) is 10.1 Å². The van der Waals surface area contributed by atoms with Gasteiger partial charge >= 0.3 is 0 Å². The number of hydrogen-bond donors (Lipinski definition) is 0. The summed E-state index contributed by atoms with van der Waals surface area (Å²) in [6.07, 6.45) is 0.833. The zero-order valence-corrected chi connectivity index (χ0v) is 11.8. The Bertz CT molecular complexity index is 692. The van der Waals surface area contributed by atoms with Gasteiger partial charge in [0.15, 0.2) is 11.5 Å². The molecule has 0 fully saturated rings. The molecule has 0 spiro atoms. The van der Waals surface area contributed by atoms with Gasteiger partial charge in [-0.2, -0.15) is 0 Å². The van der Waals surface area contributed by atoms with Gasteiger partial charge in [-0.3, -0.25) is 10.1 Å². The second-order valence-corrected chi connectivity index (χ2v) is 5.64. The third-order valence-corrected chi connectivity index (χ3v) is 3.33. The number of benzene rings is 2. The monoisotopic (exact) mass is 285 g/mol. The molecule has 5 nitrogen and oxygen atoms in total. The molecule has 0 aromatic heterocycles. The molecule has 2 aromatic rings. The van der Waals surface area contributed by atoms with Crippen LogP contribution in [-0.2, 0) is 6.42 Å². The predicted octanol–water partition coefficient (Wildman–Crippen LogP) is 4.10. The Labute approximate surface area is 122 Å². The number of ether oxygens (including phenoxy) is 2. The van der Waals surface area contributed by atoms with Gasteiger partial charge in [0.05, 0.1) is 4.92 Å². The second-order valence-electron chi connectivity index (χ2n) is 5.64. The van der Waals surface area contributed by atoms with Gasteiger partial charge in [-0.25, -0.2) is 0 Å². The van der Waals surface area contributed by atoms with Crippen molar-refractivity contribution in [1.82, 2.24) is 0 Å². The molecule has 1 heterocycles. The summed E-state index contributed by atoms with van der Waals surface area (Å²) in [5.41, 5.74) is 0.912. The first-order valence-corrected chi connectivity index (χ1v) is 6.68. The maximum Gasteiger partial charge on any atom is 0.269 e. The van der Waals surface area contributed by atoms with Gasteiger partial charge in [0.2, 0.25) is 0 Å². The van der Waals surface area contributed by atoms with Crippen LogP contribution in [0.4, 0.5) is 5.69 Å². The molecule has 3 rings (SSSR count). The minimum atomic E-state index is -0.435. The van der Waals surface area contributed by atoms with Crippen molar-refractivity contribution < 1.29 is 14.4 Å². The largest absolute Gasteiger partial charge is 0.483 e. The Morgan fingerprint density at radius 3 is 2.57 bits per heavy atom. The van der Waals surface area contributed by atoms with E-state index in [0.29, 0.717) is 11.5 Å². The van der Waals surface area contributed by atoms with E-state index in [-0.39, 0.29) is 11.3 Å². The molecule has 1 aliphatic rings. The minimum absolute atomic E-state index is 0.0398. The molecule has 0 saturated carbocycles. The zero-order chi connectivity index (χ0) is 15.0. The van der Waals surface area contributed by atoms with Gasteiger partial charge in [-0.15, -0.1) is 0 Å². The van der Waals surface area contributed by atoms with Crippen molar-refractivity contribution in [2.75, 3.05) is 0 Å². The van der Waals surface area contributed by atoms with Gasteiger partial charge in [-0.1, -0.05) is 12.1 Å². The molecule has 5 heteroatoms. The Balaban J connectivity index is 1.87. The van der Waals surface area contributed by atoms with Gasteiger partial charge < -0.3 is 9.47 Å². The molecule has 108 valence electrons. The van der Waals surface area contributed by atoms with E-state index in [1.807, 2.05) is 32.0 Å². The fourth-order valence-corrected chi connectivity index (χ4v) is 2.43. The fourth-order valence-electron chi connectivity index (χ4n) is 2.43. The van der Waals surface area contributed by atoms with Crippen LogP contribution in [0.15, 0.2) is 42.5 Å². The number of nitro groups is 1. The molecule has 0 amide bonds. The van der Waals surface area contributed by atoms with Crippen LogP contribution in [0.1, 0.15) is 19.4 Å². The number of fused-ring (bicyclic) bond motifs is 1. The molecule has 0 bridgehead atoms. The van der Waals surface area contributed by atoms with Crippen LogP contribution >= 0.6 is 0 Å². The van der Waals surface area contributed by atoms with Crippen molar-refractivity contribution in [3.05, 3.63) is 58.1 Å². The molecule has 0 radical (unpaired) electrons. The molecule has 0 unspecified atom stereocenters. The van der Waals surface area contributed by atoms with E-state index < -0.39 is 4.92 Å².